The monoisotopic (exact) mass is 860 g/mol. The van der Waals surface area contributed by atoms with Crippen molar-refractivity contribution < 1.29 is 4.74 Å². The van der Waals surface area contributed by atoms with Crippen LogP contribution in [0.1, 0.15) is 43.4 Å². The fraction of sp³-hybridized carbons (Fsp3) is 0.148. The van der Waals surface area contributed by atoms with E-state index < -0.39 is 0 Å². The molecule has 0 amide bonds. The maximum atomic E-state index is 6.27. The molecule has 1 saturated carbocycles. The molecule has 65 heavy (non-hydrogen) atoms. The summed E-state index contributed by atoms with van der Waals surface area (Å²) in [5.74, 6) is 1.90. The average molecular weight is 861 g/mol. The summed E-state index contributed by atoms with van der Waals surface area (Å²) in [5, 5.41) is 1.33. The third kappa shape index (κ3) is 7.62. The molecule has 0 radical (unpaired) electrons. The molecule has 4 heteroatoms. The normalized spacial score (nSPS) is 21.9. The number of anilines is 3. The van der Waals surface area contributed by atoms with Crippen molar-refractivity contribution in [1.29, 1.82) is 0 Å². The van der Waals surface area contributed by atoms with Crippen molar-refractivity contribution in [2.75, 3.05) is 9.80 Å². The molecule has 2 aliphatic heterocycles. The van der Waals surface area contributed by atoms with E-state index in [4.69, 9.17) is 4.74 Å². The number of thiophene rings is 1. The first-order valence-electron chi connectivity index (χ1n) is 23.0. The minimum Gasteiger partial charge on any atom is -0.465 e. The number of hydrogen-bond acceptors (Lipinski definition) is 4. The van der Waals surface area contributed by atoms with Crippen LogP contribution in [0.3, 0.4) is 0 Å². The zero-order chi connectivity index (χ0) is 43.7. The second-order valence-corrected chi connectivity index (χ2v) is 18.7. The Bertz CT molecular complexity index is 3010. The fourth-order valence-corrected chi connectivity index (χ4v) is 11.4. The van der Waals surface area contributed by atoms with Crippen molar-refractivity contribution in [3.05, 3.63) is 258 Å². The highest BCUT2D eigenvalue weighted by molar-refractivity contribution is 7.19. The summed E-state index contributed by atoms with van der Waals surface area (Å²) in [4.78, 5) is 6.41. The molecule has 6 aromatic rings. The smallest absolute Gasteiger partial charge is 0.129 e. The standard InChI is InChI=1S/C61H52N2OS/c1-3-4-5-12-20-57-43(2)38-40-61-55(39-41-64-57)60(61)54-18-10-7-11-19-56(54)63(61)53-36-26-47(27-37-53)46-24-32-51(33-25-46)62(50-30-22-45(23-31-50)44-15-8-6-9-16-44)52-34-28-48(29-35-52)59-42-49-17-13-14-21-58(49)65-59/h3,6,8-28,30-42,48,55,60H,1,4-5,7,29H2,2H3. The number of hydrogen-bond donors (Lipinski definition) is 0. The van der Waals surface area contributed by atoms with Crippen LogP contribution in [0.15, 0.2) is 254 Å². The summed E-state index contributed by atoms with van der Waals surface area (Å²) in [6, 6.07) is 49.0. The van der Waals surface area contributed by atoms with Gasteiger partial charge in [0.25, 0.3) is 0 Å². The first kappa shape index (κ1) is 40.6. The summed E-state index contributed by atoms with van der Waals surface area (Å²) in [6.45, 7) is 6.01. The molecule has 0 bridgehead atoms. The fourth-order valence-electron chi connectivity index (χ4n) is 10.2. The lowest BCUT2D eigenvalue weighted by Crippen LogP contribution is -2.35. The molecular weight excluding hydrogens is 809 g/mol. The van der Waals surface area contributed by atoms with E-state index in [1.807, 2.05) is 23.7 Å². The number of benzene rings is 5. The third-order valence-electron chi connectivity index (χ3n) is 13.6. The molecule has 3 nitrogen and oxygen atoms in total. The van der Waals surface area contributed by atoms with Crippen LogP contribution in [0.4, 0.5) is 17.1 Å². The minimum atomic E-state index is -0.203. The molecular formula is C61H52N2OS. The van der Waals surface area contributed by atoms with E-state index in [0.717, 1.165) is 48.4 Å². The van der Waals surface area contributed by atoms with Gasteiger partial charge in [-0.3, -0.25) is 0 Å². The topological polar surface area (TPSA) is 15.7 Å². The van der Waals surface area contributed by atoms with Gasteiger partial charge in [0, 0.05) is 55.8 Å². The lowest BCUT2D eigenvalue weighted by Gasteiger charge is -2.32. The van der Waals surface area contributed by atoms with Gasteiger partial charge in [0.1, 0.15) is 5.76 Å². The van der Waals surface area contributed by atoms with Gasteiger partial charge >= 0.3 is 0 Å². The van der Waals surface area contributed by atoms with Gasteiger partial charge in [0.05, 0.1) is 11.8 Å². The molecule has 3 heterocycles. The van der Waals surface area contributed by atoms with E-state index >= 15 is 0 Å². The van der Waals surface area contributed by atoms with Gasteiger partial charge in [-0.25, -0.2) is 0 Å². The number of nitrogens with zero attached hydrogens (tertiary/aromatic N) is 2. The van der Waals surface area contributed by atoms with Crippen molar-refractivity contribution >= 4 is 38.5 Å². The quantitative estimate of drug-likeness (QED) is 0.0953. The molecule has 318 valence electrons. The Hall–Kier alpha value is -7.14. The van der Waals surface area contributed by atoms with E-state index in [2.05, 4.69) is 230 Å². The molecule has 0 saturated heterocycles. The predicted molar refractivity (Wildman–Crippen MR) is 275 cm³/mol. The maximum Gasteiger partial charge on any atom is 0.129 e. The highest BCUT2D eigenvalue weighted by atomic mass is 32.1. The highest BCUT2D eigenvalue weighted by Gasteiger charge is 2.71. The molecule has 4 unspecified atom stereocenters. The Morgan fingerprint density at radius 2 is 1.45 bits per heavy atom. The van der Waals surface area contributed by atoms with E-state index in [1.165, 1.54) is 59.9 Å². The number of allylic oxidation sites excluding steroid dienone is 12. The average Bonchev–Trinajstić information content (AvgIpc) is 3.71. The van der Waals surface area contributed by atoms with E-state index in [0.29, 0.717) is 17.8 Å². The minimum absolute atomic E-state index is 0.203. The van der Waals surface area contributed by atoms with Gasteiger partial charge in [-0.15, -0.1) is 17.9 Å². The summed E-state index contributed by atoms with van der Waals surface area (Å²) < 4.78 is 7.62. The Morgan fingerprint density at radius 1 is 0.754 bits per heavy atom. The summed E-state index contributed by atoms with van der Waals surface area (Å²) in [5.41, 5.74) is 13.1. The van der Waals surface area contributed by atoms with Crippen LogP contribution in [0, 0.1) is 11.8 Å². The van der Waals surface area contributed by atoms with E-state index in [1.54, 1.807) is 0 Å². The van der Waals surface area contributed by atoms with Gasteiger partial charge in [-0.1, -0.05) is 140 Å². The van der Waals surface area contributed by atoms with E-state index in [9.17, 15) is 0 Å². The first-order valence-corrected chi connectivity index (χ1v) is 23.8. The zero-order valence-corrected chi connectivity index (χ0v) is 37.6. The van der Waals surface area contributed by atoms with Crippen molar-refractivity contribution in [2.45, 2.75) is 44.1 Å². The molecule has 4 atom stereocenters. The maximum absolute atomic E-state index is 6.27. The van der Waals surface area contributed by atoms with Crippen LogP contribution in [-0.4, -0.2) is 5.54 Å². The molecule has 3 aliphatic carbocycles. The summed E-state index contributed by atoms with van der Waals surface area (Å²) in [7, 11) is 0. The predicted octanol–water partition coefficient (Wildman–Crippen LogP) is 16.5. The van der Waals surface area contributed by atoms with Crippen LogP contribution >= 0.6 is 11.3 Å². The summed E-state index contributed by atoms with van der Waals surface area (Å²) in [6.07, 6.45) is 35.3. The molecule has 11 rings (SSSR count). The van der Waals surface area contributed by atoms with Crippen molar-refractivity contribution in [1.82, 2.24) is 0 Å². The number of unbranched alkanes of at least 4 members (excludes halogenated alkanes) is 1. The molecule has 1 aromatic heterocycles. The lowest BCUT2D eigenvalue weighted by atomic mass is 9.96. The van der Waals surface area contributed by atoms with Crippen LogP contribution in [0.5, 0.6) is 0 Å². The van der Waals surface area contributed by atoms with Gasteiger partial charge < -0.3 is 14.5 Å². The Labute approximate surface area is 387 Å². The van der Waals surface area contributed by atoms with Crippen molar-refractivity contribution in [3.8, 4) is 22.3 Å². The molecule has 5 aromatic carbocycles. The second kappa shape index (κ2) is 17.4. The van der Waals surface area contributed by atoms with Gasteiger partial charge in [0.2, 0.25) is 0 Å². The van der Waals surface area contributed by atoms with Gasteiger partial charge in [-0.05, 0) is 144 Å². The molecule has 5 aliphatic rings. The Kier molecular flexibility index (Phi) is 10.9. The van der Waals surface area contributed by atoms with Gasteiger partial charge in [-0.2, -0.15) is 0 Å². The number of rotatable bonds is 11. The second-order valence-electron chi connectivity index (χ2n) is 17.6. The van der Waals surface area contributed by atoms with Crippen LogP contribution < -0.4 is 9.80 Å². The van der Waals surface area contributed by atoms with Gasteiger partial charge in [0.15, 0.2) is 0 Å². The van der Waals surface area contributed by atoms with Crippen molar-refractivity contribution in [2.24, 2.45) is 11.8 Å². The Balaban J connectivity index is 0.887. The number of ether oxygens (including phenoxy) is 1. The van der Waals surface area contributed by atoms with Crippen LogP contribution in [0.25, 0.3) is 32.3 Å². The lowest BCUT2D eigenvalue weighted by molar-refractivity contribution is 0.362. The number of fused-ring (bicyclic) bond motifs is 3. The van der Waals surface area contributed by atoms with Crippen LogP contribution in [0.2, 0.25) is 0 Å². The highest BCUT2D eigenvalue weighted by Crippen LogP contribution is 2.68. The van der Waals surface area contributed by atoms with Crippen molar-refractivity contribution in [3.63, 3.8) is 0 Å². The SMILES string of the molecule is C=CCCC=CC1=C(C)C=CC23C(C=CO1)C2C1=C(C=CCC=C1)N3c1ccc(-c2ccc(N(C3=CCC(c4cc5ccccc5s4)C=C3)c3ccc(-c4ccccc4)cc3)cc2)cc1. The third-order valence-corrected chi connectivity index (χ3v) is 14.9. The zero-order valence-electron chi connectivity index (χ0n) is 36.8. The summed E-state index contributed by atoms with van der Waals surface area (Å²) >= 11 is 1.91. The largest absolute Gasteiger partial charge is 0.465 e. The first-order chi connectivity index (χ1) is 32.1. The molecule has 1 fully saturated rings. The van der Waals surface area contributed by atoms with Crippen LogP contribution in [-0.2, 0) is 4.74 Å². The molecule has 1 spiro atoms. The molecule has 0 N–H and O–H groups in total. The Morgan fingerprint density at radius 3 is 2.15 bits per heavy atom. The van der Waals surface area contributed by atoms with E-state index in [-0.39, 0.29) is 5.54 Å².